The molecule has 1 aromatic carbocycles. The lowest BCUT2D eigenvalue weighted by molar-refractivity contribution is -0.00890. The number of aromatic hydroxyl groups is 1. The summed E-state index contributed by atoms with van der Waals surface area (Å²) in [5.41, 5.74) is 3.13. The third-order valence-electron chi connectivity index (χ3n) is 6.38. The molecular formula is C18H25NO. The molecule has 2 fully saturated rings. The van der Waals surface area contributed by atoms with Crippen LogP contribution in [0.1, 0.15) is 50.2 Å². The second-order valence-corrected chi connectivity index (χ2v) is 6.96. The molecule has 108 valence electrons. The molecule has 3 aliphatic rings. The summed E-state index contributed by atoms with van der Waals surface area (Å²) < 4.78 is 0. The smallest absolute Gasteiger partial charge is 0.119 e. The maximum Gasteiger partial charge on any atom is 0.119 e. The van der Waals surface area contributed by atoms with Crippen LogP contribution in [-0.4, -0.2) is 29.1 Å². The van der Waals surface area contributed by atoms with E-state index in [1.807, 2.05) is 6.07 Å². The van der Waals surface area contributed by atoms with Crippen LogP contribution in [0.4, 0.5) is 0 Å². The van der Waals surface area contributed by atoms with Gasteiger partial charge in [0.15, 0.2) is 0 Å². The lowest BCUT2D eigenvalue weighted by atomic mass is 9.52. The van der Waals surface area contributed by atoms with Crippen LogP contribution in [0.5, 0.6) is 5.75 Å². The Morgan fingerprint density at radius 3 is 3.05 bits per heavy atom. The monoisotopic (exact) mass is 271 g/mol. The highest BCUT2D eigenvalue weighted by Crippen LogP contribution is 2.56. The van der Waals surface area contributed by atoms with Gasteiger partial charge >= 0.3 is 0 Å². The van der Waals surface area contributed by atoms with Crippen molar-refractivity contribution < 1.29 is 5.11 Å². The molecule has 3 atom stereocenters. The minimum atomic E-state index is 0.376. The standard InChI is InChI=1S/C18H25NO/c1-2-19-11-10-18-9-4-3-6-15(18)16(19)12-13-14(18)7-5-8-17(13)20/h5,7-8,15-16,20H,2-4,6,9-12H2,1H3/t15-,16+,18-/m0/s1. The fraction of sp³-hybridized carbons (Fsp3) is 0.667. The van der Waals surface area contributed by atoms with Gasteiger partial charge in [-0.2, -0.15) is 0 Å². The first kappa shape index (κ1) is 12.7. The third-order valence-corrected chi connectivity index (χ3v) is 6.38. The Labute approximate surface area is 121 Å². The minimum absolute atomic E-state index is 0.376. The average molecular weight is 271 g/mol. The molecule has 1 heterocycles. The SMILES string of the molecule is CCN1CC[C@]23CCCC[C@H]2[C@H]1Cc1c(O)cccc13. The Morgan fingerprint density at radius 1 is 1.30 bits per heavy atom. The molecule has 2 bridgehead atoms. The summed E-state index contributed by atoms with van der Waals surface area (Å²) in [6.07, 6.45) is 7.83. The van der Waals surface area contributed by atoms with Gasteiger partial charge in [0, 0.05) is 11.5 Å². The quantitative estimate of drug-likeness (QED) is 0.845. The highest BCUT2D eigenvalue weighted by atomic mass is 16.3. The van der Waals surface area contributed by atoms with Gasteiger partial charge < -0.3 is 5.11 Å². The molecule has 1 aromatic rings. The highest BCUT2D eigenvalue weighted by Gasteiger charge is 2.53. The number of phenols is 1. The fourth-order valence-corrected chi connectivity index (χ4v) is 5.50. The van der Waals surface area contributed by atoms with E-state index in [0.717, 1.165) is 18.9 Å². The van der Waals surface area contributed by atoms with Crippen molar-refractivity contribution in [2.45, 2.75) is 56.9 Å². The lowest BCUT2D eigenvalue weighted by Gasteiger charge is -2.59. The molecule has 0 aromatic heterocycles. The average Bonchev–Trinajstić information content (AvgIpc) is 2.48. The van der Waals surface area contributed by atoms with E-state index in [-0.39, 0.29) is 0 Å². The summed E-state index contributed by atoms with van der Waals surface area (Å²) >= 11 is 0. The van der Waals surface area contributed by atoms with Gasteiger partial charge in [-0.1, -0.05) is 31.9 Å². The number of phenolic OH excluding ortho intramolecular Hbond substituents is 1. The van der Waals surface area contributed by atoms with E-state index in [2.05, 4.69) is 24.0 Å². The van der Waals surface area contributed by atoms with Crippen LogP contribution >= 0.6 is 0 Å². The second-order valence-electron chi connectivity index (χ2n) is 6.96. The molecular weight excluding hydrogens is 246 g/mol. The number of likely N-dealkylation sites (tertiary alicyclic amines) is 1. The second kappa shape index (κ2) is 4.49. The first-order valence-corrected chi connectivity index (χ1v) is 8.31. The summed E-state index contributed by atoms with van der Waals surface area (Å²) in [6, 6.07) is 6.91. The Morgan fingerprint density at radius 2 is 2.20 bits per heavy atom. The van der Waals surface area contributed by atoms with Gasteiger partial charge in [-0.3, -0.25) is 4.90 Å². The minimum Gasteiger partial charge on any atom is -0.508 e. The Hall–Kier alpha value is -1.02. The molecule has 1 saturated heterocycles. The zero-order valence-corrected chi connectivity index (χ0v) is 12.4. The summed E-state index contributed by atoms with van der Waals surface area (Å²) in [5.74, 6) is 1.35. The number of likely N-dealkylation sites (N-methyl/N-ethyl adjacent to an activating group) is 1. The first-order chi connectivity index (χ1) is 9.76. The molecule has 1 aliphatic heterocycles. The van der Waals surface area contributed by atoms with E-state index in [9.17, 15) is 5.11 Å². The van der Waals surface area contributed by atoms with Crippen LogP contribution < -0.4 is 0 Å². The Balaban J connectivity index is 1.89. The number of hydrogen-bond donors (Lipinski definition) is 1. The van der Waals surface area contributed by atoms with E-state index in [0.29, 0.717) is 17.2 Å². The normalized spacial score (nSPS) is 36.2. The Kier molecular flexibility index (Phi) is 2.85. The van der Waals surface area contributed by atoms with Crippen molar-refractivity contribution in [2.24, 2.45) is 5.92 Å². The van der Waals surface area contributed by atoms with Crippen LogP contribution in [-0.2, 0) is 11.8 Å². The molecule has 0 amide bonds. The number of rotatable bonds is 1. The molecule has 0 unspecified atom stereocenters. The van der Waals surface area contributed by atoms with Crippen molar-refractivity contribution in [1.82, 2.24) is 4.90 Å². The van der Waals surface area contributed by atoms with Crippen molar-refractivity contribution >= 4 is 0 Å². The van der Waals surface area contributed by atoms with E-state index >= 15 is 0 Å². The number of nitrogens with zero attached hydrogens (tertiary/aromatic N) is 1. The van der Waals surface area contributed by atoms with Gasteiger partial charge in [0.25, 0.3) is 0 Å². The summed E-state index contributed by atoms with van der Waals surface area (Å²) in [4.78, 5) is 2.67. The Bertz CT molecular complexity index is 526. The van der Waals surface area contributed by atoms with E-state index in [4.69, 9.17) is 0 Å². The van der Waals surface area contributed by atoms with Gasteiger partial charge in [-0.15, -0.1) is 0 Å². The molecule has 0 spiro atoms. The topological polar surface area (TPSA) is 23.5 Å². The molecule has 20 heavy (non-hydrogen) atoms. The largest absolute Gasteiger partial charge is 0.508 e. The van der Waals surface area contributed by atoms with Gasteiger partial charge in [0.1, 0.15) is 5.75 Å². The highest BCUT2D eigenvalue weighted by molar-refractivity contribution is 5.48. The van der Waals surface area contributed by atoms with Crippen LogP contribution in [0.25, 0.3) is 0 Å². The van der Waals surface area contributed by atoms with Crippen LogP contribution in [0, 0.1) is 5.92 Å². The van der Waals surface area contributed by atoms with Crippen molar-refractivity contribution in [3.8, 4) is 5.75 Å². The number of hydrogen-bond acceptors (Lipinski definition) is 2. The van der Waals surface area contributed by atoms with E-state index in [1.165, 1.54) is 49.8 Å². The predicted octanol–water partition coefficient (Wildman–Crippen LogP) is 3.47. The van der Waals surface area contributed by atoms with Crippen LogP contribution in [0.2, 0.25) is 0 Å². The van der Waals surface area contributed by atoms with Crippen molar-refractivity contribution in [3.63, 3.8) is 0 Å². The van der Waals surface area contributed by atoms with Crippen molar-refractivity contribution in [3.05, 3.63) is 29.3 Å². The fourth-order valence-electron chi connectivity index (χ4n) is 5.50. The van der Waals surface area contributed by atoms with Crippen molar-refractivity contribution in [1.29, 1.82) is 0 Å². The van der Waals surface area contributed by atoms with Crippen molar-refractivity contribution in [2.75, 3.05) is 13.1 Å². The third kappa shape index (κ3) is 1.54. The predicted molar refractivity (Wildman–Crippen MR) is 81.1 cm³/mol. The molecule has 2 heteroatoms. The van der Waals surface area contributed by atoms with Gasteiger partial charge in [-0.05, 0) is 61.9 Å². The zero-order valence-electron chi connectivity index (χ0n) is 12.4. The summed E-state index contributed by atoms with van der Waals surface area (Å²) in [7, 11) is 0. The van der Waals surface area contributed by atoms with Gasteiger partial charge in [0.05, 0.1) is 0 Å². The number of fused-ring (bicyclic) bond motifs is 1. The zero-order chi connectivity index (χ0) is 13.7. The lowest BCUT2D eigenvalue weighted by Crippen LogP contribution is -2.60. The molecule has 0 radical (unpaired) electrons. The molecule has 2 nitrogen and oxygen atoms in total. The van der Waals surface area contributed by atoms with Gasteiger partial charge in [-0.25, -0.2) is 0 Å². The van der Waals surface area contributed by atoms with E-state index < -0.39 is 0 Å². The molecule has 2 aliphatic carbocycles. The summed E-state index contributed by atoms with van der Waals surface area (Å²) in [6.45, 7) is 4.68. The first-order valence-electron chi connectivity index (χ1n) is 8.31. The van der Waals surface area contributed by atoms with Gasteiger partial charge in [0.2, 0.25) is 0 Å². The maximum atomic E-state index is 10.3. The van der Waals surface area contributed by atoms with E-state index in [1.54, 1.807) is 0 Å². The molecule has 1 saturated carbocycles. The van der Waals surface area contributed by atoms with Crippen LogP contribution in [0.3, 0.4) is 0 Å². The van der Waals surface area contributed by atoms with Crippen LogP contribution in [0.15, 0.2) is 18.2 Å². The maximum absolute atomic E-state index is 10.3. The molecule has 4 rings (SSSR count). The number of piperidine rings is 1. The summed E-state index contributed by atoms with van der Waals surface area (Å²) in [5, 5.41) is 10.3. The molecule has 1 N–H and O–H groups in total. The number of benzene rings is 1.